The molecule has 0 atom stereocenters. The Hall–Kier alpha value is -1.80. The molecule has 0 unspecified atom stereocenters. The summed E-state index contributed by atoms with van der Waals surface area (Å²) >= 11 is 0. The maximum Gasteiger partial charge on any atom is 0.307 e. The standard InChI is InChI=1S/C15H21NO6S/c1-4-16(11-5-6-11)23(19,20)13-8-10(9-14(17)18)7-12(21-2)15(13)22-3/h7-8,11H,4-6,9H2,1-3H3,(H,17,18). The third-order valence-corrected chi connectivity index (χ3v) is 5.75. The molecule has 1 fully saturated rings. The summed E-state index contributed by atoms with van der Waals surface area (Å²) in [7, 11) is -1.04. The summed E-state index contributed by atoms with van der Waals surface area (Å²) in [6.45, 7) is 2.13. The largest absolute Gasteiger partial charge is 0.493 e. The zero-order chi connectivity index (χ0) is 17.2. The normalized spacial score (nSPS) is 14.8. The second-order valence-corrected chi connectivity index (χ2v) is 7.20. The molecule has 128 valence electrons. The first-order chi connectivity index (χ1) is 10.8. The van der Waals surface area contributed by atoms with E-state index in [2.05, 4.69) is 0 Å². The molecule has 0 heterocycles. The highest BCUT2D eigenvalue weighted by atomic mass is 32.2. The molecular weight excluding hydrogens is 322 g/mol. The molecule has 1 N–H and O–H groups in total. The predicted molar refractivity (Wildman–Crippen MR) is 83.5 cm³/mol. The van der Waals surface area contributed by atoms with E-state index < -0.39 is 16.0 Å². The van der Waals surface area contributed by atoms with Crippen LogP contribution in [0.1, 0.15) is 25.3 Å². The lowest BCUT2D eigenvalue weighted by atomic mass is 10.1. The van der Waals surface area contributed by atoms with Crippen molar-refractivity contribution in [3.63, 3.8) is 0 Å². The molecule has 2 rings (SSSR count). The van der Waals surface area contributed by atoms with Crippen molar-refractivity contribution < 1.29 is 27.8 Å². The quantitative estimate of drug-likeness (QED) is 0.769. The molecule has 1 aliphatic carbocycles. The Morgan fingerprint density at radius 3 is 2.39 bits per heavy atom. The van der Waals surface area contributed by atoms with Crippen LogP contribution < -0.4 is 9.47 Å². The molecule has 8 heteroatoms. The minimum atomic E-state index is -3.79. The molecule has 23 heavy (non-hydrogen) atoms. The zero-order valence-electron chi connectivity index (χ0n) is 13.4. The van der Waals surface area contributed by atoms with E-state index in [0.717, 1.165) is 12.8 Å². The van der Waals surface area contributed by atoms with Crippen molar-refractivity contribution in [2.75, 3.05) is 20.8 Å². The van der Waals surface area contributed by atoms with E-state index in [0.29, 0.717) is 12.1 Å². The summed E-state index contributed by atoms with van der Waals surface area (Å²) < 4.78 is 37.8. The molecule has 0 saturated heterocycles. The Labute approximate surface area is 135 Å². The fourth-order valence-corrected chi connectivity index (χ4v) is 4.48. The van der Waals surface area contributed by atoms with Crippen LogP contribution in [0, 0.1) is 0 Å². The third kappa shape index (κ3) is 3.59. The van der Waals surface area contributed by atoms with Crippen LogP contribution >= 0.6 is 0 Å². The fourth-order valence-electron chi connectivity index (χ4n) is 2.57. The van der Waals surface area contributed by atoms with Gasteiger partial charge in [-0.1, -0.05) is 6.92 Å². The third-order valence-electron chi connectivity index (χ3n) is 3.71. The van der Waals surface area contributed by atoms with Crippen molar-refractivity contribution in [1.82, 2.24) is 4.31 Å². The van der Waals surface area contributed by atoms with Crippen LogP contribution in [0.2, 0.25) is 0 Å². The van der Waals surface area contributed by atoms with E-state index >= 15 is 0 Å². The van der Waals surface area contributed by atoms with Gasteiger partial charge in [-0.05, 0) is 30.5 Å². The number of methoxy groups -OCH3 is 2. The summed E-state index contributed by atoms with van der Waals surface area (Å²) in [4.78, 5) is 10.9. The number of carboxylic acids is 1. The van der Waals surface area contributed by atoms with Gasteiger partial charge in [0.05, 0.1) is 20.6 Å². The summed E-state index contributed by atoms with van der Waals surface area (Å²) in [5, 5.41) is 8.97. The highest BCUT2D eigenvalue weighted by molar-refractivity contribution is 7.89. The van der Waals surface area contributed by atoms with E-state index in [4.69, 9.17) is 14.6 Å². The van der Waals surface area contributed by atoms with Crippen LogP contribution in [0.3, 0.4) is 0 Å². The second kappa shape index (κ2) is 6.76. The monoisotopic (exact) mass is 343 g/mol. The zero-order valence-corrected chi connectivity index (χ0v) is 14.2. The average molecular weight is 343 g/mol. The van der Waals surface area contributed by atoms with Gasteiger partial charge < -0.3 is 14.6 Å². The highest BCUT2D eigenvalue weighted by Crippen LogP contribution is 2.40. The summed E-state index contributed by atoms with van der Waals surface area (Å²) in [5.41, 5.74) is 0.348. The molecule has 0 aromatic heterocycles. The number of benzene rings is 1. The first-order valence-corrected chi connectivity index (χ1v) is 8.77. The average Bonchev–Trinajstić information content (AvgIpc) is 3.30. The Balaban J connectivity index is 2.60. The lowest BCUT2D eigenvalue weighted by Crippen LogP contribution is -2.33. The number of carboxylic acid groups (broad SMARTS) is 1. The number of rotatable bonds is 8. The van der Waals surface area contributed by atoms with Gasteiger partial charge in [0.1, 0.15) is 4.90 Å². The smallest absolute Gasteiger partial charge is 0.307 e. The molecule has 0 aliphatic heterocycles. The molecule has 1 aromatic carbocycles. The van der Waals surface area contributed by atoms with Gasteiger partial charge in [0, 0.05) is 12.6 Å². The van der Waals surface area contributed by atoms with Crippen LogP contribution in [-0.4, -0.2) is 50.6 Å². The highest BCUT2D eigenvalue weighted by Gasteiger charge is 2.39. The molecule has 0 amide bonds. The summed E-state index contributed by atoms with van der Waals surface area (Å²) in [5.74, 6) is -0.743. The lowest BCUT2D eigenvalue weighted by Gasteiger charge is -2.22. The number of sulfonamides is 1. The lowest BCUT2D eigenvalue weighted by molar-refractivity contribution is -0.136. The van der Waals surface area contributed by atoms with Gasteiger partial charge in [-0.2, -0.15) is 4.31 Å². The van der Waals surface area contributed by atoms with E-state index in [-0.39, 0.29) is 28.9 Å². The first kappa shape index (κ1) is 17.6. The molecule has 1 saturated carbocycles. The second-order valence-electron chi connectivity index (χ2n) is 5.34. The minimum Gasteiger partial charge on any atom is -0.493 e. The number of ether oxygens (including phenoxy) is 2. The van der Waals surface area contributed by atoms with Gasteiger partial charge in [0.2, 0.25) is 10.0 Å². The number of carbonyl (C=O) groups is 1. The predicted octanol–water partition coefficient (Wildman–Crippen LogP) is 1.50. The van der Waals surface area contributed by atoms with Gasteiger partial charge in [0.25, 0.3) is 0 Å². The number of hydrogen-bond donors (Lipinski definition) is 1. The van der Waals surface area contributed by atoms with E-state index in [1.165, 1.54) is 30.7 Å². The molecule has 1 aromatic rings. The maximum atomic E-state index is 13.0. The Morgan fingerprint density at radius 2 is 1.96 bits per heavy atom. The van der Waals surface area contributed by atoms with Crippen molar-refractivity contribution >= 4 is 16.0 Å². The number of hydrogen-bond acceptors (Lipinski definition) is 5. The molecule has 1 aliphatic rings. The SMILES string of the molecule is CCN(C1CC1)S(=O)(=O)c1cc(CC(=O)O)cc(OC)c1OC. The number of nitrogens with zero attached hydrogens (tertiary/aromatic N) is 1. The molecule has 0 radical (unpaired) electrons. The van der Waals surface area contributed by atoms with E-state index in [9.17, 15) is 13.2 Å². The molecule has 7 nitrogen and oxygen atoms in total. The Morgan fingerprint density at radius 1 is 1.30 bits per heavy atom. The number of aliphatic carboxylic acids is 1. The van der Waals surface area contributed by atoms with Gasteiger partial charge in [0.15, 0.2) is 11.5 Å². The van der Waals surface area contributed by atoms with Gasteiger partial charge in [-0.15, -0.1) is 0 Å². The van der Waals surface area contributed by atoms with Crippen LogP contribution in [-0.2, 0) is 21.2 Å². The van der Waals surface area contributed by atoms with Crippen molar-refractivity contribution in [1.29, 1.82) is 0 Å². The topological polar surface area (TPSA) is 93.1 Å². The van der Waals surface area contributed by atoms with Crippen LogP contribution in [0.5, 0.6) is 11.5 Å². The van der Waals surface area contributed by atoms with Crippen molar-refractivity contribution in [3.05, 3.63) is 17.7 Å². The molecule has 0 spiro atoms. The minimum absolute atomic E-state index is 0.00355. The molecule has 0 bridgehead atoms. The first-order valence-electron chi connectivity index (χ1n) is 7.33. The van der Waals surface area contributed by atoms with Gasteiger partial charge in [-0.3, -0.25) is 4.79 Å². The Kier molecular flexibility index (Phi) is 5.16. The van der Waals surface area contributed by atoms with Crippen LogP contribution in [0.15, 0.2) is 17.0 Å². The summed E-state index contributed by atoms with van der Waals surface area (Å²) in [6, 6.07) is 2.85. The Bertz CT molecular complexity index is 696. The summed E-state index contributed by atoms with van der Waals surface area (Å²) in [6.07, 6.45) is 1.38. The molecular formula is C15H21NO6S. The van der Waals surface area contributed by atoms with Crippen molar-refractivity contribution in [3.8, 4) is 11.5 Å². The van der Waals surface area contributed by atoms with E-state index in [1.807, 2.05) is 0 Å². The fraction of sp³-hybridized carbons (Fsp3) is 0.533. The van der Waals surface area contributed by atoms with Crippen molar-refractivity contribution in [2.45, 2.75) is 37.1 Å². The van der Waals surface area contributed by atoms with Crippen LogP contribution in [0.25, 0.3) is 0 Å². The van der Waals surface area contributed by atoms with Crippen molar-refractivity contribution in [2.24, 2.45) is 0 Å². The maximum absolute atomic E-state index is 13.0. The van der Waals surface area contributed by atoms with E-state index in [1.54, 1.807) is 6.92 Å². The van der Waals surface area contributed by atoms with Gasteiger partial charge in [-0.25, -0.2) is 8.42 Å². The van der Waals surface area contributed by atoms with Crippen LogP contribution in [0.4, 0.5) is 0 Å². The van der Waals surface area contributed by atoms with Gasteiger partial charge >= 0.3 is 5.97 Å².